The molecule has 3 nitrogen and oxygen atoms in total. The third kappa shape index (κ3) is 5.57. The van der Waals surface area contributed by atoms with Gasteiger partial charge in [-0.2, -0.15) is 0 Å². The van der Waals surface area contributed by atoms with E-state index in [9.17, 15) is 4.39 Å². The van der Waals surface area contributed by atoms with Gasteiger partial charge in [-0.25, -0.2) is 4.39 Å². The summed E-state index contributed by atoms with van der Waals surface area (Å²) in [6, 6.07) is 6.15. The van der Waals surface area contributed by atoms with E-state index in [2.05, 4.69) is 5.32 Å². The highest BCUT2D eigenvalue weighted by Crippen LogP contribution is 2.12. The van der Waals surface area contributed by atoms with Crippen LogP contribution in [0.25, 0.3) is 0 Å². The first-order valence-electron chi connectivity index (χ1n) is 7.05. The fourth-order valence-corrected chi connectivity index (χ4v) is 2.14. The minimum absolute atomic E-state index is 0.231. The molecule has 106 valence electrons. The number of halogens is 1. The normalized spacial score (nSPS) is 18.7. The highest BCUT2D eigenvalue weighted by Gasteiger charge is 2.13. The van der Waals surface area contributed by atoms with E-state index in [1.165, 1.54) is 25.0 Å². The molecule has 1 heterocycles. The van der Waals surface area contributed by atoms with Gasteiger partial charge in [0.15, 0.2) is 0 Å². The summed E-state index contributed by atoms with van der Waals surface area (Å²) in [4.78, 5) is 0. The van der Waals surface area contributed by atoms with Gasteiger partial charge in [0.05, 0.1) is 12.7 Å². The van der Waals surface area contributed by atoms with E-state index in [4.69, 9.17) is 9.47 Å². The quantitative estimate of drug-likeness (QED) is 0.735. The summed E-state index contributed by atoms with van der Waals surface area (Å²) in [5.41, 5.74) is 0. The van der Waals surface area contributed by atoms with Crippen molar-refractivity contribution in [2.75, 3.05) is 26.3 Å². The Kier molecular flexibility index (Phi) is 6.11. The van der Waals surface area contributed by atoms with Gasteiger partial charge in [0.25, 0.3) is 0 Å². The van der Waals surface area contributed by atoms with Gasteiger partial charge in [-0.1, -0.05) is 0 Å². The molecule has 1 aliphatic heterocycles. The molecule has 0 bridgehead atoms. The summed E-state index contributed by atoms with van der Waals surface area (Å²) >= 11 is 0. The fourth-order valence-electron chi connectivity index (χ4n) is 2.14. The number of ether oxygens (including phenoxy) is 2. The van der Waals surface area contributed by atoms with Crippen LogP contribution in [0.5, 0.6) is 5.75 Å². The predicted octanol–water partition coefficient (Wildman–Crippen LogP) is 2.75. The Bertz CT molecular complexity index is 350. The van der Waals surface area contributed by atoms with Crippen LogP contribution in [0.15, 0.2) is 24.3 Å². The number of hydrogen-bond acceptors (Lipinski definition) is 3. The molecule has 0 aromatic heterocycles. The predicted molar refractivity (Wildman–Crippen MR) is 73.0 cm³/mol. The lowest BCUT2D eigenvalue weighted by Gasteiger charge is -2.10. The third-order valence-electron chi connectivity index (χ3n) is 3.23. The lowest BCUT2D eigenvalue weighted by molar-refractivity contribution is 0.110. The molecule has 0 aliphatic carbocycles. The highest BCUT2D eigenvalue weighted by molar-refractivity contribution is 5.21. The van der Waals surface area contributed by atoms with Crippen LogP contribution in [0.1, 0.15) is 25.7 Å². The molecule has 1 fully saturated rings. The highest BCUT2D eigenvalue weighted by atomic mass is 19.1. The molecular formula is C15H22FNO2. The average Bonchev–Trinajstić information content (AvgIpc) is 2.93. The van der Waals surface area contributed by atoms with Crippen molar-refractivity contribution in [2.24, 2.45) is 0 Å². The van der Waals surface area contributed by atoms with Crippen LogP contribution < -0.4 is 10.1 Å². The largest absolute Gasteiger partial charge is 0.494 e. The lowest BCUT2D eigenvalue weighted by Crippen LogP contribution is -2.27. The summed E-state index contributed by atoms with van der Waals surface area (Å²) in [5.74, 6) is 0.499. The zero-order valence-corrected chi connectivity index (χ0v) is 11.2. The van der Waals surface area contributed by atoms with E-state index in [1.807, 2.05) is 0 Å². The molecule has 0 radical (unpaired) electrons. The lowest BCUT2D eigenvalue weighted by atomic mass is 10.2. The molecule has 1 aromatic rings. The molecule has 0 spiro atoms. The molecule has 1 aromatic carbocycles. The van der Waals surface area contributed by atoms with Crippen molar-refractivity contribution in [2.45, 2.75) is 31.8 Å². The van der Waals surface area contributed by atoms with Crippen LogP contribution in [0.4, 0.5) is 4.39 Å². The van der Waals surface area contributed by atoms with E-state index in [-0.39, 0.29) is 5.82 Å². The van der Waals surface area contributed by atoms with Crippen molar-refractivity contribution < 1.29 is 13.9 Å². The molecular weight excluding hydrogens is 245 g/mol. The molecule has 2 rings (SSSR count). The summed E-state index contributed by atoms with van der Waals surface area (Å²) in [6.07, 6.45) is 4.86. The topological polar surface area (TPSA) is 30.5 Å². The van der Waals surface area contributed by atoms with Crippen LogP contribution in [0.2, 0.25) is 0 Å². The first-order valence-corrected chi connectivity index (χ1v) is 7.05. The number of hydrogen-bond donors (Lipinski definition) is 1. The summed E-state index contributed by atoms with van der Waals surface area (Å²) in [7, 11) is 0. The monoisotopic (exact) mass is 267 g/mol. The van der Waals surface area contributed by atoms with Gasteiger partial charge >= 0.3 is 0 Å². The summed E-state index contributed by atoms with van der Waals surface area (Å²) < 4.78 is 23.7. The van der Waals surface area contributed by atoms with E-state index in [0.29, 0.717) is 12.7 Å². The Labute approximate surface area is 114 Å². The second kappa shape index (κ2) is 8.12. The zero-order valence-electron chi connectivity index (χ0n) is 11.2. The minimum Gasteiger partial charge on any atom is -0.494 e. The smallest absolute Gasteiger partial charge is 0.123 e. The van der Waals surface area contributed by atoms with E-state index in [0.717, 1.165) is 38.3 Å². The van der Waals surface area contributed by atoms with Crippen molar-refractivity contribution in [3.8, 4) is 5.75 Å². The summed E-state index contributed by atoms with van der Waals surface area (Å²) in [5, 5.41) is 3.40. The van der Waals surface area contributed by atoms with E-state index < -0.39 is 0 Å². The van der Waals surface area contributed by atoms with Gasteiger partial charge < -0.3 is 14.8 Å². The van der Waals surface area contributed by atoms with Gasteiger partial charge in [-0.3, -0.25) is 0 Å². The Morgan fingerprint density at radius 1 is 1.26 bits per heavy atom. The minimum atomic E-state index is -0.231. The zero-order chi connectivity index (χ0) is 13.3. The standard InChI is InChI=1S/C15H22FNO2/c16-13-5-7-14(8-6-13)18-10-2-1-9-17-12-15-4-3-11-19-15/h5-8,15,17H,1-4,9-12H2/t15-/m1/s1. The maximum atomic E-state index is 12.7. The number of rotatable bonds is 8. The molecule has 0 saturated carbocycles. The number of nitrogens with one attached hydrogen (secondary N) is 1. The van der Waals surface area contributed by atoms with Crippen LogP contribution in [0.3, 0.4) is 0 Å². The maximum Gasteiger partial charge on any atom is 0.123 e. The van der Waals surface area contributed by atoms with Gasteiger partial charge in [0.1, 0.15) is 11.6 Å². The van der Waals surface area contributed by atoms with Gasteiger partial charge in [0, 0.05) is 13.2 Å². The SMILES string of the molecule is Fc1ccc(OCCCCNC[C@H]2CCCO2)cc1. The fraction of sp³-hybridized carbons (Fsp3) is 0.600. The van der Waals surface area contributed by atoms with Crippen molar-refractivity contribution in [1.82, 2.24) is 5.32 Å². The average molecular weight is 267 g/mol. The number of unbranched alkanes of at least 4 members (excludes halogenated alkanes) is 1. The molecule has 0 unspecified atom stereocenters. The van der Waals surface area contributed by atoms with Crippen LogP contribution in [0, 0.1) is 5.82 Å². The molecule has 4 heteroatoms. The molecule has 19 heavy (non-hydrogen) atoms. The Hall–Kier alpha value is -1.13. The second-order valence-electron chi connectivity index (χ2n) is 4.85. The van der Waals surface area contributed by atoms with E-state index in [1.54, 1.807) is 12.1 Å². The van der Waals surface area contributed by atoms with Crippen molar-refractivity contribution in [3.63, 3.8) is 0 Å². The maximum absolute atomic E-state index is 12.7. The van der Waals surface area contributed by atoms with Crippen molar-refractivity contribution >= 4 is 0 Å². The van der Waals surface area contributed by atoms with Gasteiger partial charge in [-0.15, -0.1) is 0 Å². The Morgan fingerprint density at radius 2 is 2.11 bits per heavy atom. The molecule has 1 aliphatic rings. The van der Waals surface area contributed by atoms with E-state index >= 15 is 0 Å². The Morgan fingerprint density at radius 3 is 2.84 bits per heavy atom. The molecule has 1 atom stereocenters. The van der Waals surface area contributed by atoms with Gasteiger partial charge in [0.2, 0.25) is 0 Å². The van der Waals surface area contributed by atoms with Crippen LogP contribution in [-0.4, -0.2) is 32.4 Å². The second-order valence-corrected chi connectivity index (χ2v) is 4.85. The molecule has 1 saturated heterocycles. The van der Waals surface area contributed by atoms with Crippen molar-refractivity contribution in [1.29, 1.82) is 0 Å². The molecule has 0 amide bonds. The first kappa shape index (κ1) is 14.3. The summed E-state index contributed by atoms with van der Waals surface area (Å²) in [6.45, 7) is 3.54. The molecule has 1 N–H and O–H groups in total. The van der Waals surface area contributed by atoms with Crippen LogP contribution in [-0.2, 0) is 4.74 Å². The van der Waals surface area contributed by atoms with Gasteiger partial charge in [-0.05, 0) is 56.5 Å². The van der Waals surface area contributed by atoms with Crippen LogP contribution >= 0.6 is 0 Å². The van der Waals surface area contributed by atoms with Crippen molar-refractivity contribution in [3.05, 3.63) is 30.1 Å². The Balaban J connectivity index is 1.44. The first-order chi connectivity index (χ1) is 9.34. The number of benzene rings is 1. The third-order valence-corrected chi connectivity index (χ3v) is 3.23.